The molecule has 2 N–H and O–H groups in total. The number of aliphatic carboxylic acids is 1. The molecule has 3 fully saturated rings. The molecule has 106 valence electrons. The fraction of sp³-hybridized carbons (Fsp3) is 0.857. The number of ether oxygens (including phenoxy) is 1. The summed E-state index contributed by atoms with van der Waals surface area (Å²) >= 11 is 0. The monoisotopic (exact) mass is 267 g/mol. The molecular formula is C14H21NO4. The van der Waals surface area contributed by atoms with E-state index in [1.165, 1.54) is 25.7 Å². The Morgan fingerprint density at radius 3 is 2.47 bits per heavy atom. The van der Waals surface area contributed by atoms with E-state index in [1.54, 1.807) is 0 Å². The van der Waals surface area contributed by atoms with Crippen LogP contribution in [0.3, 0.4) is 0 Å². The first-order valence-electron chi connectivity index (χ1n) is 7.29. The fourth-order valence-electron chi connectivity index (χ4n) is 3.98. The maximum absolute atomic E-state index is 11.9. The van der Waals surface area contributed by atoms with Gasteiger partial charge < -0.3 is 15.2 Å². The van der Waals surface area contributed by atoms with Crippen LogP contribution in [0.4, 0.5) is 0 Å². The van der Waals surface area contributed by atoms with Crippen LogP contribution in [0.1, 0.15) is 38.5 Å². The minimum Gasteiger partial charge on any atom is -0.479 e. The number of rotatable bonds is 4. The molecule has 3 unspecified atom stereocenters. The molecule has 0 aromatic rings. The van der Waals surface area contributed by atoms with Gasteiger partial charge in [0.25, 0.3) is 0 Å². The lowest BCUT2D eigenvalue weighted by Crippen LogP contribution is -2.39. The van der Waals surface area contributed by atoms with Crippen molar-refractivity contribution < 1.29 is 19.4 Å². The number of carbonyl (C=O) groups excluding carboxylic acids is 1. The van der Waals surface area contributed by atoms with Gasteiger partial charge in [0, 0.05) is 6.54 Å². The minimum absolute atomic E-state index is 0.133. The standard InChI is InChI=1S/C14H21NO4/c16-13(11-3-4-12(19-11)14(17)18)15-7-10-6-8-1-2-9(10)5-8/h8-12H,1-7H2,(H,15,16)(H,17,18)/t8?,9?,10?,11-,12+/m0/s1. The van der Waals surface area contributed by atoms with Crippen LogP contribution in [-0.2, 0) is 14.3 Å². The summed E-state index contributed by atoms with van der Waals surface area (Å²) in [6, 6.07) is 0. The molecule has 3 rings (SSSR count). The zero-order valence-electron chi connectivity index (χ0n) is 11.0. The van der Waals surface area contributed by atoms with Crippen LogP contribution < -0.4 is 5.32 Å². The van der Waals surface area contributed by atoms with Crippen molar-refractivity contribution in [3.8, 4) is 0 Å². The number of nitrogens with one attached hydrogen (secondary N) is 1. The number of carboxylic acids is 1. The third kappa shape index (κ3) is 2.61. The summed E-state index contributed by atoms with van der Waals surface area (Å²) in [4.78, 5) is 22.7. The number of carboxylic acid groups (broad SMARTS) is 1. The first-order valence-corrected chi connectivity index (χ1v) is 7.29. The molecule has 0 radical (unpaired) electrons. The first kappa shape index (κ1) is 12.9. The van der Waals surface area contributed by atoms with Crippen LogP contribution in [0.25, 0.3) is 0 Å². The smallest absolute Gasteiger partial charge is 0.332 e. The molecule has 2 bridgehead atoms. The molecule has 1 saturated heterocycles. The Morgan fingerprint density at radius 1 is 1.11 bits per heavy atom. The number of carbonyl (C=O) groups is 2. The van der Waals surface area contributed by atoms with Gasteiger partial charge in [-0.2, -0.15) is 0 Å². The predicted octanol–water partition coefficient (Wildman–Crippen LogP) is 1.17. The van der Waals surface area contributed by atoms with Crippen molar-refractivity contribution in [3.05, 3.63) is 0 Å². The van der Waals surface area contributed by atoms with Crippen molar-refractivity contribution in [2.45, 2.75) is 50.7 Å². The maximum Gasteiger partial charge on any atom is 0.332 e. The Morgan fingerprint density at radius 2 is 1.89 bits per heavy atom. The third-order valence-corrected chi connectivity index (χ3v) is 5.01. The molecule has 2 aliphatic carbocycles. The van der Waals surface area contributed by atoms with Gasteiger partial charge in [-0.3, -0.25) is 4.79 Å². The second-order valence-corrected chi connectivity index (χ2v) is 6.21. The Bertz CT molecular complexity index is 384. The summed E-state index contributed by atoms with van der Waals surface area (Å²) in [5.74, 6) is 1.20. The predicted molar refractivity (Wildman–Crippen MR) is 67.5 cm³/mol. The van der Waals surface area contributed by atoms with Crippen LogP contribution in [0.5, 0.6) is 0 Å². The average Bonchev–Trinajstić information content (AvgIpc) is 3.10. The van der Waals surface area contributed by atoms with Gasteiger partial charge in [-0.15, -0.1) is 0 Å². The molecule has 3 aliphatic rings. The van der Waals surface area contributed by atoms with E-state index >= 15 is 0 Å². The van der Waals surface area contributed by atoms with Crippen LogP contribution in [0, 0.1) is 17.8 Å². The highest BCUT2D eigenvalue weighted by Crippen LogP contribution is 2.47. The highest BCUT2D eigenvalue weighted by atomic mass is 16.5. The lowest BCUT2D eigenvalue weighted by atomic mass is 9.89. The van der Waals surface area contributed by atoms with Crippen molar-refractivity contribution in [2.75, 3.05) is 6.54 Å². The fourth-order valence-corrected chi connectivity index (χ4v) is 3.98. The Hall–Kier alpha value is -1.10. The van der Waals surface area contributed by atoms with E-state index < -0.39 is 18.2 Å². The van der Waals surface area contributed by atoms with E-state index in [0.29, 0.717) is 18.8 Å². The molecule has 5 nitrogen and oxygen atoms in total. The van der Waals surface area contributed by atoms with Crippen molar-refractivity contribution in [3.63, 3.8) is 0 Å². The van der Waals surface area contributed by atoms with Crippen LogP contribution in [-0.4, -0.2) is 35.7 Å². The summed E-state index contributed by atoms with van der Waals surface area (Å²) in [6.45, 7) is 0.734. The Balaban J connectivity index is 1.43. The van der Waals surface area contributed by atoms with Crippen molar-refractivity contribution in [1.82, 2.24) is 5.32 Å². The van der Waals surface area contributed by atoms with Crippen LogP contribution >= 0.6 is 0 Å². The minimum atomic E-state index is -0.969. The number of hydrogen-bond acceptors (Lipinski definition) is 3. The van der Waals surface area contributed by atoms with Gasteiger partial charge in [-0.25, -0.2) is 4.79 Å². The van der Waals surface area contributed by atoms with Crippen LogP contribution in [0.15, 0.2) is 0 Å². The van der Waals surface area contributed by atoms with Crippen molar-refractivity contribution in [1.29, 1.82) is 0 Å². The van der Waals surface area contributed by atoms with Gasteiger partial charge in [-0.05, 0) is 49.9 Å². The number of amides is 1. The van der Waals surface area contributed by atoms with Gasteiger partial charge in [0.2, 0.25) is 5.91 Å². The maximum atomic E-state index is 11.9. The molecule has 5 atom stereocenters. The molecule has 19 heavy (non-hydrogen) atoms. The van der Waals surface area contributed by atoms with E-state index in [9.17, 15) is 9.59 Å². The van der Waals surface area contributed by atoms with E-state index in [-0.39, 0.29) is 5.91 Å². The molecule has 1 aliphatic heterocycles. The van der Waals surface area contributed by atoms with E-state index in [2.05, 4.69) is 5.32 Å². The number of fused-ring (bicyclic) bond motifs is 2. The van der Waals surface area contributed by atoms with E-state index in [4.69, 9.17) is 9.84 Å². The van der Waals surface area contributed by atoms with Gasteiger partial charge in [0.05, 0.1) is 0 Å². The highest BCUT2D eigenvalue weighted by Gasteiger charge is 2.40. The van der Waals surface area contributed by atoms with E-state index in [0.717, 1.165) is 18.4 Å². The molecule has 1 amide bonds. The van der Waals surface area contributed by atoms with Gasteiger partial charge in [-0.1, -0.05) is 6.42 Å². The summed E-state index contributed by atoms with van der Waals surface area (Å²) in [7, 11) is 0. The van der Waals surface area contributed by atoms with Gasteiger partial charge >= 0.3 is 5.97 Å². The summed E-state index contributed by atoms with van der Waals surface area (Å²) in [6.07, 6.45) is 4.82. The van der Waals surface area contributed by atoms with Gasteiger partial charge in [0.15, 0.2) is 6.10 Å². The summed E-state index contributed by atoms with van der Waals surface area (Å²) < 4.78 is 5.25. The second kappa shape index (κ2) is 5.12. The molecule has 0 spiro atoms. The molecule has 0 aromatic heterocycles. The quantitative estimate of drug-likeness (QED) is 0.801. The molecule has 2 saturated carbocycles. The van der Waals surface area contributed by atoms with Gasteiger partial charge in [0.1, 0.15) is 6.10 Å². The van der Waals surface area contributed by atoms with Crippen molar-refractivity contribution >= 4 is 11.9 Å². The van der Waals surface area contributed by atoms with Crippen LogP contribution in [0.2, 0.25) is 0 Å². The lowest BCUT2D eigenvalue weighted by Gasteiger charge is -2.22. The zero-order chi connectivity index (χ0) is 13.4. The highest BCUT2D eigenvalue weighted by molar-refractivity contribution is 5.82. The average molecular weight is 267 g/mol. The first-order chi connectivity index (χ1) is 9.13. The Kier molecular flexibility index (Phi) is 3.48. The second-order valence-electron chi connectivity index (χ2n) is 6.21. The normalized spacial score (nSPS) is 40.5. The van der Waals surface area contributed by atoms with E-state index in [1.807, 2.05) is 0 Å². The molecule has 0 aromatic carbocycles. The summed E-state index contributed by atoms with van der Waals surface area (Å²) in [5, 5.41) is 11.8. The Labute approximate surface area is 112 Å². The molecule has 1 heterocycles. The number of hydrogen-bond donors (Lipinski definition) is 2. The lowest BCUT2D eigenvalue weighted by molar-refractivity contribution is -0.151. The molecule has 5 heteroatoms. The molecular weight excluding hydrogens is 246 g/mol. The third-order valence-electron chi connectivity index (χ3n) is 5.01. The zero-order valence-corrected chi connectivity index (χ0v) is 11.0. The van der Waals surface area contributed by atoms with Crippen molar-refractivity contribution in [2.24, 2.45) is 17.8 Å². The topological polar surface area (TPSA) is 75.6 Å². The summed E-state index contributed by atoms with van der Waals surface area (Å²) in [5.41, 5.74) is 0. The SMILES string of the molecule is O=C(NCC1CC2CCC1C2)[C@@H]1CC[C@H](C(=O)O)O1. The largest absolute Gasteiger partial charge is 0.479 e.